The summed E-state index contributed by atoms with van der Waals surface area (Å²) in [6.07, 6.45) is 2.30. The number of rotatable bonds is 3. The van der Waals surface area contributed by atoms with Crippen LogP contribution in [0.5, 0.6) is 0 Å². The Bertz CT molecular complexity index is 456. The zero-order valence-electron chi connectivity index (χ0n) is 10.4. The van der Waals surface area contributed by atoms with E-state index in [1.165, 1.54) is 7.11 Å². The average Bonchev–Trinajstić information content (AvgIpc) is 2.93. The van der Waals surface area contributed by atoms with Crippen molar-refractivity contribution in [1.82, 2.24) is 4.90 Å². The van der Waals surface area contributed by atoms with E-state index in [9.17, 15) is 10.1 Å². The van der Waals surface area contributed by atoms with Crippen molar-refractivity contribution >= 4 is 5.97 Å². The molecule has 1 heterocycles. The molecule has 4 nitrogen and oxygen atoms in total. The van der Waals surface area contributed by atoms with Crippen molar-refractivity contribution in [2.24, 2.45) is 0 Å². The van der Waals surface area contributed by atoms with Crippen molar-refractivity contribution in [2.75, 3.05) is 20.2 Å². The zero-order valence-corrected chi connectivity index (χ0v) is 10.4. The minimum Gasteiger partial charge on any atom is -0.465 e. The molecule has 1 aliphatic rings. The molecule has 1 aromatic carbocycles. The third-order valence-corrected chi connectivity index (χ3v) is 3.28. The number of methoxy groups -OCH3 is 1. The van der Waals surface area contributed by atoms with Crippen molar-refractivity contribution in [3.63, 3.8) is 0 Å². The Balaban J connectivity index is 2.17. The molecule has 0 saturated carbocycles. The molecular formula is C14H16N2O2. The Hall–Kier alpha value is -1.86. The van der Waals surface area contributed by atoms with Gasteiger partial charge in [0, 0.05) is 0 Å². The first kappa shape index (κ1) is 12.6. The molecule has 1 aliphatic heterocycles. The highest BCUT2D eigenvalue weighted by Gasteiger charge is 2.23. The molecule has 0 N–H and O–H groups in total. The maximum absolute atomic E-state index is 11.3. The van der Waals surface area contributed by atoms with Crippen LogP contribution in [0.3, 0.4) is 0 Å². The second kappa shape index (κ2) is 5.65. The molecule has 0 aliphatic carbocycles. The highest BCUT2D eigenvalue weighted by Crippen LogP contribution is 2.24. The number of nitriles is 1. The molecule has 0 bridgehead atoms. The fourth-order valence-corrected chi connectivity index (χ4v) is 2.29. The number of carbonyl (C=O) groups is 1. The monoisotopic (exact) mass is 244 g/mol. The van der Waals surface area contributed by atoms with Gasteiger partial charge in [0.05, 0.1) is 18.7 Å². The molecule has 1 fully saturated rings. The first-order chi connectivity index (χ1) is 8.76. The van der Waals surface area contributed by atoms with Crippen molar-refractivity contribution in [3.8, 4) is 6.07 Å². The molecule has 1 unspecified atom stereocenters. The van der Waals surface area contributed by atoms with Gasteiger partial charge in [-0.2, -0.15) is 5.26 Å². The fourth-order valence-electron chi connectivity index (χ4n) is 2.29. The van der Waals surface area contributed by atoms with Gasteiger partial charge in [-0.15, -0.1) is 0 Å². The summed E-state index contributed by atoms with van der Waals surface area (Å²) in [6, 6.07) is 9.21. The van der Waals surface area contributed by atoms with E-state index in [4.69, 9.17) is 0 Å². The fraction of sp³-hybridized carbons (Fsp3) is 0.429. The van der Waals surface area contributed by atoms with E-state index in [1.54, 1.807) is 12.1 Å². The van der Waals surface area contributed by atoms with Crippen molar-refractivity contribution in [2.45, 2.75) is 18.9 Å². The van der Waals surface area contributed by atoms with E-state index in [-0.39, 0.29) is 12.0 Å². The van der Waals surface area contributed by atoms with Crippen LogP contribution in [-0.2, 0) is 4.74 Å². The topological polar surface area (TPSA) is 53.3 Å². The van der Waals surface area contributed by atoms with Crippen LogP contribution in [0.2, 0.25) is 0 Å². The molecule has 2 rings (SSSR count). The minimum atomic E-state index is -0.351. The summed E-state index contributed by atoms with van der Waals surface area (Å²) in [5.74, 6) is -0.351. The zero-order chi connectivity index (χ0) is 13.0. The van der Waals surface area contributed by atoms with Gasteiger partial charge in [0.15, 0.2) is 0 Å². The van der Waals surface area contributed by atoms with E-state index in [0.717, 1.165) is 31.5 Å². The van der Waals surface area contributed by atoms with Crippen LogP contribution in [0.1, 0.15) is 34.8 Å². The SMILES string of the molecule is COC(=O)c1ccc(C(C#N)N2CCCC2)cc1. The molecule has 18 heavy (non-hydrogen) atoms. The van der Waals surface area contributed by atoms with E-state index >= 15 is 0 Å². The number of ether oxygens (including phenoxy) is 1. The van der Waals surface area contributed by atoms with Gasteiger partial charge in [-0.05, 0) is 43.6 Å². The van der Waals surface area contributed by atoms with E-state index < -0.39 is 0 Å². The highest BCUT2D eigenvalue weighted by molar-refractivity contribution is 5.89. The third-order valence-electron chi connectivity index (χ3n) is 3.28. The molecule has 94 valence electrons. The van der Waals surface area contributed by atoms with Gasteiger partial charge in [-0.1, -0.05) is 12.1 Å². The Morgan fingerprint density at radius 3 is 2.44 bits per heavy atom. The first-order valence-corrected chi connectivity index (χ1v) is 6.08. The Morgan fingerprint density at radius 1 is 1.33 bits per heavy atom. The third kappa shape index (κ3) is 2.52. The van der Waals surface area contributed by atoms with Crippen LogP contribution >= 0.6 is 0 Å². The number of hydrogen-bond acceptors (Lipinski definition) is 4. The molecule has 0 amide bonds. The maximum atomic E-state index is 11.3. The number of likely N-dealkylation sites (tertiary alicyclic amines) is 1. The quantitative estimate of drug-likeness (QED) is 0.764. The van der Waals surface area contributed by atoms with Crippen LogP contribution < -0.4 is 0 Å². The second-order valence-electron chi connectivity index (χ2n) is 4.39. The lowest BCUT2D eigenvalue weighted by atomic mass is 10.0. The Labute approximate surface area is 107 Å². The minimum absolute atomic E-state index is 0.209. The van der Waals surface area contributed by atoms with E-state index in [0.29, 0.717) is 5.56 Å². The lowest BCUT2D eigenvalue weighted by molar-refractivity contribution is 0.0600. The summed E-state index contributed by atoms with van der Waals surface area (Å²) in [5.41, 5.74) is 1.45. The van der Waals surface area contributed by atoms with Crippen molar-refractivity contribution in [3.05, 3.63) is 35.4 Å². The molecular weight excluding hydrogens is 228 g/mol. The van der Waals surface area contributed by atoms with Crippen LogP contribution in [0.4, 0.5) is 0 Å². The number of nitrogens with zero attached hydrogens (tertiary/aromatic N) is 2. The summed E-state index contributed by atoms with van der Waals surface area (Å²) in [6.45, 7) is 1.94. The largest absolute Gasteiger partial charge is 0.465 e. The summed E-state index contributed by atoms with van der Waals surface area (Å²) in [4.78, 5) is 13.5. The van der Waals surface area contributed by atoms with Gasteiger partial charge in [-0.3, -0.25) is 4.90 Å². The predicted molar refractivity (Wildman–Crippen MR) is 66.9 cm³/mol. The van der Waals surface area contributed by atoms with Gasteiger partial charge in [0.1, 0.15) is 6.04 Å². The first-order valence-electron chi connectivity index (χ1n) is 6.08. The van der Waals surface area contributed by atoms with Gasteiger partial charge in [0.25, 0.3) is 0 Å². The van der Waals surface area contributed by atoms with Gasteiger partial charge >= 0.3 is 5.97 Å². The highest BCUT2D eigenvalue weighted by atomic mass is 16.5. The predicted octanol–water partition coefficient (Wildman–Crippen LogP) is 2.13. The Morgan fingerprint density at radius 2 is 1.94 bits per heavy atom. The number of esters is 1. The van der Waals surface area contributed by atoms with Crippen LogP contribution in [0.25, 0.3) is 0 Å². The van der Waals surface area contributed by atoms with Crippen molar-refractivity contribution in [1.29, 1.82) is 5.26 Å². The van der Waals surface area contributed by atoms with Crippen molar-refractivity contribution < 1.29 is 9.53 Å². The molecule has 1 aromatic rings. The lowest BCUT2D eigenvalue weighted by Gasteiger charge is -2.21. The summed E-state index contributed by atoms with van der Waals surface area (Å²) in [7, 11) is 1.36. The molecule has 1 saturated heterocycles. The van der Waals surface area contributed by atoms with E-state index in [2.05, 4.69) is 15.7 Å². The van der Waals surface area contributed by atoms with Crippen LogP contribution in [0, 0.1) is 11.3 Å². The number of benzene rings is 1. The average molecular weight is 244 g/mol. The van der Waals surface area contributed by atoms with E-state index in [1.807, 2.05) is 12.1 Å². The molecule has 0 radical (unpaired) electrons. The second-order valence-corrected chi connectivity index (χ2v) is 4.39. The number of hydrogen-bond donors (Lipinski definition) is 0. The standard InChI is InChI=1S/C14H16N2O2/c1-18-14(17)12-6-4-11(5-7-12)13(10-15)16-8-2-3-9-16/h4-7,13H,2-3,8-9H2,1H3. The Kier molecular flexibility index (Phi) is 3.96. The molecule has 0 spiro atoms. The number of carbonyl (C=O) groups excluding carboxylic acids is 1. The van der Waals surface area contributed by atoms with Gasteiger partial charge in [0.2, 0.25) is 0 Å². The normalized spacial score (nSPS) is 17.1. The molecule has 4 heteroatoms. The van der Waals surface area contributed by atoms with Gasteiger partial charge in [-0.25, -0.2) is 4.79 Å². The van der Waals surface area contributed by atoms with Gasteiger partial charge < -0.3 is 4.74 Å². The summed E-state index contributed by atoms with van der Waals surface area (Å²) < 4.78 is 4.65. The van der Waals surface area contributed by atoms with Crippen LogP contribution in [0.15, 0.2) is 24.3 Å². The molecule has 0 aromatic heterocycles. The molecule has 1 atom stereocenters. The smallest absolute Gasteiger partial charge is 0.337 e. The maximum Gasteiger partial charge on any atom is 0.337 e. The lowest BCUT2D eigenvalue weighted by Crippen LogP contribution is -2.24. The summed E-state index contributed by atoms with van der Waals surface area (Å²) in [5, 5.41) is 9.28. The van der Waals surface area contributed by atoms with Crippen LogP contribution in [-0.4, -0.2) is 31.1 Å². The summed E-state index contributed by atoms with van der Waals surface area (Å²) >= 11 is 0.